The van der Waals surface area contributed by atoms with Crippen LogP contribution in [0.1, 0.15) is 44.2 Å². The predicted molar refractivity (Wildman–Crippen MR) is 79.7 cm³/mol. The van der Waals surface area contributed by atoms with E-state index in [-0.39, 0.29) is 0 Å². The third-order valence-corrected chi connectivity index (χ3v) is 4.50. The van der Waals surface area contributed by atoms with Crippen LogP contribution in [-0.4, -0.2) is 23.8 Å². The molecule has 0 saturated heterocycles. The maximum absolute atomic E-state index is 10.1. The summed E-state index contributed by atoms with van der Waals surface area (Å²) in [6.07, 6.45) is 6.13. The molecule has 104 valence electrons. The van der Waals surface area contributed by atoms with Gasteiger partial charge in [0, 0.05) is 25.2 Å². The molecule has 1 aromatic rings. The minimum atomic E-state index is -0.625. The van der Waals surface area contributed by atoms with Gasteiger partial charge in [-0.05, 0) is 50.2 Å². The third kappa shape index (κ3) is 2.79. The summed E-state index contributed by atoms with van der Waals surface area (Å²) in [5, 5.41) is 10.1. The van der Waals surface area contributed by atoms with Gasteiger partial charge in [-0.3, -0.25) is 0 Å². The number of rotatable bonds is 4. The fourth-order valence-electron chi connectivity index (χ4n) is 3.40. The first kappa shape index (κ1) is 13.0. The van der Waals surface area contributed by atoms with Gasteiger partial charge in [-0.15, -0.1) is 0 Å². The molecule has 0 amide bonds. The van der Waals surface area contributed by atoms with Crippen molar-refractivity contribution in [1.29, 1.82) is 0 Å². The largest absolute Gasteiger partial charge is 0.390 e. The molecule has 0 atom stereocenters. The van der Waals surface area contributed by atoms with Gasteiger partial charge in [0.1, 0.15) is 0 Å². The number of hydrogen-bond donors (Lipinski definition) is 1. The molecule has 2 aliphatic rings. The van der Waals surface area contributed by atoms with Crippen LogP contribution >= 0.6 is 0 Å². The highest BCUT2D eigenvalue weighted by Crippen LogP contribution is 2.36. The van der Waals surface area contributed by atoms with E-state index >= 15 is 0 Å². The van der Waals surface area contributed by atoms with Gasteiger partial charge < -0.3 is 10.0 Å². The monoisotopic (exact) mass is 259 g/mol. The second-order valence-electron chi connectivity index (χ2n) is 6.91. The summed E-state index contributed by atoms with van der Waals surface area (Å²) in [7, 11) is 0. The van der Waals surface area contributed by atoms with Crippen molar-refractivity contribution in [1.82, 2.24) is 0 Å². The predicted octanol–water partition coefficient (Wildman–Crippen LogP) is 3.16. The number of hydrogen-bond acceptors (Lipinski definition) is 2. The third-order valence-electron chi connectivity index (χ3n) is 4.50. The van der Waals surface area contributed by atoms with E-state index < -0.39 is 5.60 Å². The topological polar surface area (TPSA) is 23.5 Å². The first-order chi connectivity index (χ1) is 9.03. The Morgan fingerprint density at radius 1 is 1.32 bits per heavy atom. The standard InChI is InChI=1S/C17H25NO/c1-17(2,19)11-15-8-4-7-14-9-10-18(16(14)15)12-13-5-3-6-13/h4,7-8,13,19H,3,5-6,9-12H2,1-2H3. The van der Waals surface area contributed by atoms with Crippen molar-refractivity contribution in [3.63, 3.8) is 0 Å². The average molecular weight is 259 g/mol. The van der Waals surface area contributed by atoms with Crippen molar-refractivity contribution >= 4 is 5.69 Å². The smallest absolute Gasteiger partial charge is 0.0632 e. The van der Waals surface area contributed by atoms with Crippen molar-refractivity contribution in [2.24, 2.45) is 5.92 Å². The quantitative estimate of drug-likeness (QED) is 0.898. The Hall–Kier alpha value is -1.02. The molecule has 3 rings (SSSR count). The zero-order valence-electron chi connectivity index (χ0n) is 12.2. The summed E-state index contributed by atoms with van der Waals surface area (Å²) in [5.41, 5.74) is 3.60. The van der Waals surface area contributed by atoms with Crippen LogP contribution in [0.5, 0.6) is 0 Å². The SMILES string of the molecule is CC(C)(O)Cc1cccc2c1N(CC1CCC1)CC2. The molecule has 0 spiro atoms. The zero-order valence-corrected chi connectivity index (χ0v) is 12.2. The molecule has 1 aromatic carbocycles. The number of benzene rings is 1. The highest BCUT2D eigenvalue weighted by Gasteiger charge is 2.28. The summed E-state index contributed by atoms with van der Waals surface area (Å²) in [6, 6.07) is 6.59. The Morgan fingerprint density at radius 3 is 2.74 bits per heavy atom. The lowest BCUT2D eigenvalue weighted by atomic mass is 9.85. The highest BCUT2D eigenvalue weighted by atomic mass is 16.3. The Kier molecular flexibility index (Phi) is 3.30. The van der Waals surface area contributed by atoms with E-state index in [1.807, 2.05) is 13.8 Å². The van der Waals surface area contributed by atoms with Gasteiger partial charge >= 0.3 is 0 Å². The first-order valence-corrected chi connectivity index (χ1v) is 7.61. The maximum atomic E-state index is 10.1. The van der Waals surface area contributed by atoms with Gasteiger partial charge in [0.05, 0.1) is 5.60 Å². The van der Waals surface area contributed by atoms with Crippen molar-refractivity contribution in [2.75, 3.05) is 18.0 Å². The van der Waals surface area contributed by atoms with E-state index in [9.17, 15) is 5.11 Å². The molecule has 0 aromatic heterocycles. The van der Waals surface area contributed by atoms with Crippen molar-refractivity contribution < 1.29 is 5.11 Å². The molecule has 0 radical (unpaired) electrons. The van der Waals surface area contributed by atoms with E-state index in [2.05, 4.69) is 23.1 Å². The van der Waals surface area contributed by atoms with Crippen LogP contribution < -0.4 is 4.90 Å². The Bertz CT molecular complexity index is 457. The van der Waals surface area contributed by atoms with Crippen LogP contribution in [0.3, 0.4) is 0 Å². The van der Waals surface area contributed by atoms with Crippen LogP contribution in [0.2, 0.25) is 0 Å². The number of nitrogens with zero attached hydrogens (tertiary/aromatic N) is 1. The number of anilines is 1. The Labute approximate surface area is 116 Å². The molecule has 1 fully saturated rings. The minimum Gasteiger partial charge on any atom is -0.390 e. The second kappa shape index (κ2) is 4.82. The lowest BCUT2D eigenvalue weighted by molar-refractivity contribution is 0.0811. The minimum absolute atomic E-state index is 0.625. The van der Waals surface area contributed by atoms with E-state index in [4.69, 9.17) is 0 Å². The van der Waals surface area contributed by atoms with Crippen LogP contribution in [0.15, 0.2) is 18.2 Å². The van der Waals surface area contributed by atoms with Crippen LogP contribution in [-0.2, 0) is 12.8 Å². The summed E-state index contributed by atoms with van der Waals surface area (Å²) in [5.74, 6) is 0.904. The van der Waals surface area contributed by atoms with Crippen molar-refractivity contribution in [3.05, 3.63) is 29.3 Å². The molecule has 1 aliphatic carbocycles. The molecule has 0 unspecified atom stereocenters. The van der Waals surface area contributed by atoms with E-state index in [0.29, 0.717) is 0 Å². The van der Waals surface area contributed by atoms with Gasteiger partial charge in [-0.25, -0.2) is 0 Å². The number of fused-ring (bicyclic) bond motifs is 1. The van der Waals surface area contributed by atoms with Gasteiger partial charge in [-0.1, -0.05) is 24.6 Å². The molecule has 1 aliphatic heterocycles. The molecule has 1 heterocycles. The van der Waals surface area contributed by atoms with E-state index in [1.54, 1.807) is 0 Å². The molecule has 2 nitrogen and oxygen atoms in total. The molecular formula is C17H25NO. The van der Waals surface area contributed by atoms with Gasteiger partial charge in [0.15, 0.2) is 0 Å². The summed E-state index contributed by atoms with van der Waals surface area (Å²) in [4.78, 5) is 2.57. The van der Waals surface area contributed by atoms with Crippen LogP contribution in [0, 0.1) is 5.92 Å². The van der Waals surface area contributed by atoms with Gasteiger partial charge in [0.25, 0.3) is 0 Å². The first-order valence-electron chi connectivity index (χ1n) is 7.61. The molecule has 2 heteroatoms. The Morgan fingerprint density at radius 2 is 2.11 bits per heavy atom. The molecule has 19 heavy (non-hydrogen) atoms. The number of aliphatic hydroxyl groups is 1. The lowest BCUT2D eigenvalue weighted by Crippen LogP contribution is -2.32. The Balaban J connectivity index is 1.84. The lowest BCUT2D eigenvalue weighted by Gasteiger charge is -2.33. The summed E-state index contributed by atoms with van der Waals surface area (Å²) >= 11 is 0. The zero-order chi connectivity index (χ0) is 13.5. The molecular weight excluding hydrogens is 234 g/mol. The van der Waals surface area contributed by atoms with Crippen molar-refractivity contribution in [2.45, 2.75) is 51.6 Å². The number of para-hydroxylation sites is 1. The fourth-order valence-corrected chi connectivity index (χ4v) is 3.40. The molecule has 0 bridgehead atoms. The van der Waals surface area contributed by atoms with E-state index in [1.165, 1.54) is 49.0 Å². The van der Waals surface area contributed by atoms with E-state index in [0.717, 1.165) is 18.9 Å². The average Bonchev–Trinajstić information content (AvgIpc) is 2.66. The summed E-state index contributed by atoms with van der Waals surface area (Å²) < 4.78 is 0. The normalized spacial score (nSPS) is 19.4. The maximum Gasteiger partial charge on any atom is 0.0632 e. The second-order valence-corrected chi connectivity index (χ2v) is 6.91. The fraction of sp³-hybridized carbons (Fsp3) is 0.647. The van der Waals surface area contributed by atoms with Gasteiger partial charge in [0.2, 0.25) is 0 Å². The van der Waals surface area contributed by atoms with Crippen molar-refractivity contribution in [3.8, 4) is 0 Å². The highest BCUT2D eigenvalue weighted by molar-refractivity contribution is 5.63. The van der Waals surface area contributed by atoms with Crippen LogP contribution in [0.4, 0.5) is 5.69 Å². The van der Waals surface area contributed by atoms with Crippen LogP contribution in [0.25, 0.3) is 0 Å². The molecule has 1 N–H and O–H groups in total. The molecule has 1 saturated carbocycles. The summed E-state index contributed by atoms with van der Waals surface area (Å²) in [6.45, 7) is 6.18. The van der Waals surface area contributed by atoms with Gasteiger partial charge in [-0.2, -0.15) is 0 Å².